The Balaban J connectivity index is 1.97. The molecular formula is C13H14N2O. The highest BCUT2D eigenvalue weighted by molar-refractivity contribution is 5.92. The van der Waals surface area contributed by atoms with Crippen LogP contribution in [0.4, 0.5) is 5.69 Å². The molecule has 0 aliphatic rings. The maximum absolute atomic E-state index is 11.7. The van der Waals surface area contributed by atoms with Gasteiger partial charge in [-0.3, -0.25) is 4.79 Å². The van der Waals surface area contributed by atoms with E-state index in [0.29, 0.717) is 6.42 Å². The number of H-pyrrole nitrogens is 1. The summed E-state index contributed by atoms with van der Waals surface area (Å²) in [5, 5.41) is 2.87. The van der Waals surface area contributed by atoms with Gasteiger partial charge in [0.1, 0.15) is 0 Å². The number of carbonyl (C=O) groups is 1. The van der Waals surface area contributed by atoms with Crippen LogP contribution in [-0.4, -0.2) is 10.9 Å². The van der Waals surface area contributed by atoms with Gasteiger partial charge in [0.15, 0.2) is 0 Å². The van der Waals surface area contributed by atoms with E-state index in [1.807, 2.05) is 49.6 Å². The van der Waals surface area contributed by atoms with Gasteiger partial charge in [0.2, 0.25) is 5.91 Å². The van der Waals surface area contributed by atoms with E-state index >= 15 is 0 Å². The number of carbonyl (C=O) groups excluding carboxylic acids is 1. The molecule has 0 aliphatic heterocycles. The van der Waals surface area contributed by atoms with Crippen LogP contribution >= 0.6 is 0 Å². The molecule has 82 valence electrons. The largest absolute Gasteiger partial charge is 0.367 e. The van der Waals surface area contributed by atoms with E-state index in [9.17, 15) is 4.79 Å². The summed E-state index contributed by atoms with van der Waals surface area (Å²) in [7, 11) is 0. The van der Waals surface area contributed by atoms with Crippen LogP contribution in [-0.2, 0) is 11.2 Å². The molecule has 1 aromatic heterocycles. The van der Waals surface area contributed by atoms with Crippen molar-refractivity contribution in [1.82, 2.24) is 4.98 Å². The summed E-state index contributed by atoms with van der Waals surface area (Å²) >= 11 is 0. The smallest absolute Gasteiger partial charge is 0.228 e. The predicted octanol–water partition coefficient (Wildman–Crippen LogP) is 2.50. The summed E-state index contributed by atoms with van der Waals surface area (Å²) < 4.78 is 0. The molecule has 0 fully saturated rings. The zero-order valence-corrected chi connectivity index (χ0v) is 9.16. The maximum atomic E-state index is 11.7. The van der Waals surface area contributed by atoms with E-state index in [4.69, 9.17) is 0 Å². The monoisotopic (exact) mass is 214 g/mol. The molecule has 0 aliphatic carbocycles. The minimum atomic E-state index is 0.00481. The van der Waals surface area contributed by atoms with E-state index in [1.165, 1.54) is 0 Å². The minimum absolute atomic E-state index is 0.00481. The molecule has 0 radical (unpaired) electrons. The van der Waals surface area contributed by atoms with E-state index in [-0.39, 0.29) is 5.91 Å². The number of benzene rings is 1. The van der Waals surface area contributed by atoms with Crippen LogP contribution < -0.4 is 5.32 Å². The SMILES string of the molecule is Cc1cccc(NC(=O)Cc2cc[nH]c2)c1. The summed E-state index contributed by atoms with van der Waals surface area (Å²) in [6.45, 7) is 2.00. The Morgan fingerprint density at radius 2 is 2.25 bits per heavy atom. The van der Waals surface area contributed by atoms with Crippen LogP contribution in [0.2, 0.25) is 0 Å². The van der Waals surface area contributed by atoms with Crippen LogP contribution in [0.25, 0.3) is 0 Å². The first-order valence-electron chi connectivity index (χ1n) is 5.22. The van der Waals surface area contributed by atoms with Gasteiger partial charge in [0.25, 0.3) is 0 Å². The highest BCUT2D eigenvalue weighted by Gasteiger charge is 2.03. The first kappa shape index (κ1) is 10.5. The third kappa shape index (κ3) is 2.73. The molecule has 3 heteroatoms. The van der Waals surface area contributed by atoms with Gasteiger partial charge in [-0.15, -0.1) is 0 Å². The summed E-state index contributed by atoms with van der Waals surface area (Å²) in [6.07, 6.45) is 4.04. The summed E-state index contributed by atoms with van der Waals surface area (Å²) in [5.74, 6) is 0.00481. The molecule has 0 unspecified atom stereocenters. The second-order valence-corrected chi connectivity index (χ2v) is 3.81. The minimum Gasteiger partial charge on any atom is -0.367 e. The van der Waals surface area contributed by atoms with Crippen molar-refractivity contribution in [3.63, 3.8) is 0 Å². The van der Waals surface area contributed by atoms with Crippen LogP contribution in [0, 0.1) is 6.92 Å². The number of anilines is 1. The average molecular weight is 214 g/mol. The molecular weight excluding hydrogens is 200 g/mol. The van der Waals surface area contributed by atoms with Crippen molar-refractivity contribution in [1.29, 1.82) is 0 Å². The molecule has 2 N–H and O–H groups in total. The molecule has 1 heterocycles. The van der Waals surface area contributed by atoms with Crippen LogP contribution in [0.5, 0.6) is 0 Å². The van der Waals surface area contributed by atoms with Crippen LogP contribution in [0.1, 0.15) is 11.1 Å². The van der Waals surface area contributed by atoms with E-state index < -0.39 is 0 Å². The average Bonchev–Trinajstić information content (AvgIpc) is 2.70. The number of aromatic amines is 1. The first-order valence-corrected chi connectivity index (χ1v) is 5.22. The molecule has 1 aromatic carbocycles. The van der Waals surface area contributed by atoms with Gasteiger partial charge in [-0.25, -0.2) is 0 Å². The predicted molar refractivity (Wildman–Crippen MR) is 64.3 cm³/mol. The molecule has 0 spiro atoms. The lowest BCUT2D eigenvalue weighted by atomic mass is 10.2. The van der Waals surface area contributed by atoms with Gasteiger partial charge < -0.3 is 10.3 Å². The van der Waals surface area contributed by atoms with Gasteiger partial charge in [0.05, 0.1) is 6.42 Å². The van der Waals surface area contributed by atoms with Gasteiger partial charge in [-0.1, -0.05) is 12.1 Å². The van der Waals surface area contributed by atoms with Crippen molar-refractivity contribution in [2.24, 2.45) is 0 Å². The number of hydrogen-bond donors (Lipinski definition) is 2. The fraction of sp³-hybridized carbons (Fsp3) is 0.154. The Kier molecular flexibility index (Phi) is 3.05. The van der Waals surface area contributed by atoms with Gasteiger partial charge in [-0.2, -0.15) is 0 Å². The van der Waals surface area contributed by atoms with Crippen LogP contribution in [0.3, 0.4) is 0 Å². The fourth-order valence-corrected chi connectivity index (χ4v) is 1.58. The quantitative estimate of drug-likeness (QED) is 0.810. The van der Waals surface area contributed by atoms with Crippen molar-refractivity contribution in [3.8, 4) is 0 Å². The van der Waals surface area contributed by atoms with Gasteiger partial charge >= 0.3 is 0 Å². The Morgan fingerprint density at radius 3 is 2.94 bits per heavy atom. The molecule has 0 saturated carbocycles. The lowest BCUT2D eigenvalue weighted by Gasteiger charge is -2.04. The molecule has 0 saturated heterocycles. The summed E-state index contributed by atoms with van der Waals surface area (Å²) in [6, 6.07) is 9.68. The van der Waals surface area contributed by atoms with Crippen molar-refractivity contribution in [2.75, 3.05) is 5.32 Å². The van der Waals surface area contributed by atoms with Crippen molar-refractivity contribution >= 4 is 11.6 Å². The molecule has 16 heavy (non-hydrogen) atoms. The van der Waals surface area contributed by atoms with Gasteiger partial charge in [-0.05, 0) is 36.2 Å². The topological polar surface area (TPSA) is 44.9 Å². The third-order valence-electron chi connectivity index (χ3n) is 2.33. The number of hydrogen-bond acceptors (Lipinski definition) is 1. The Labute approximate surface area is 94.5 Å². The second kappa shape index (κ2) is 4.66. The number of amides is 1. The van der Waals surface area contributed by atoms with E-state index in [0.717, 1.165) is 16.8 Å². The number of nitrogens with one attached hydrogen (secondary N) is 2. The zero-order chi connectivity index (χ0) is 11.4. The molecule has 3 nitrogen and oxygen atoms in total. The molecule has 1 amide bonds. The Bertz CT molecular complexity index is 474. The fourth-order valence-electron chi connectivity index (χ4n) is 1.58. The van der Waals surface area contributed by atoms with Crippen molar-refractivity contribution < 1.29 is 4.79 Å². The third-order valence-corrected chi connectivity index (χ3v) is 2.33. The number of rotatable bonds is 3. The van der Waals surface area contributed by atoms with Crippen molar-refractivity contribution in [2.45, 2.75) is 13.3 Å². The highest BCUT2D eigenvalue weighted by atomic mass is 16.1. The number of aromatic nitrogens is 1. The first-order chi connectivity index (χ1) is 7.74. The normalized spacial score (nSPS) is 10.1. The zero-order valence-electron chi connectivity index (χ0n) is 9.16. The summed E-state index contributed by atoms with van der Waals surface area (Å²) in [4.78, 5) is 14.6. The molecule has 2 rings (SSSR count). The lowest BCUT2D eigenvalue weighted by Crippen LogP contribution is -2.13. The van der Waals surface area contributed by atoms with E-state index in [2.05, 4.69) is 10.3 Å². The van der Waals surface area contributed by atoms with Crippen molar-refractivity contribution in [3.05, 3.63) is 53.9 Å². The Hall–Kier alpha value is -2.03. The molecule has 0 atom stereocenters. The Morgan fingerprint density at radius 1 is 1.38 bits per heavy atom. The summed E-state index contributed by atoms with van der Waals surface area (Å²) in [5.41, 5.74) is 2.98. The highest BCUT2D eigenvalue weighted by Crippen LogP contribution is 2.10. The molecule has 2 aromatic rings. The van der Waals surface area contributed by atoms with Gasteiger partial charge in [0, 0.05) is 18.1 Å². The maximum Gasteiger partial charge on any atom is 0.228 e. The second-order valence-electron chi connectivity index (χ2n) is 3.81. The standard InChI is InChI=1S/C13H14N2O/c1-10-3-2-4-12(7-10)15-13(16)8-11-5-6-14-9-11/h2-7,9,14H,8H2,1H3,(H,15,16). The van der Waals surface area contributed by atoms with E-state index in [1.54, 1.807) is 0 Å². The lowest BCUT2D eigenvalue weighted by molar-refractivity contribution is -0.115. The number of aryl methyl sites for hydroxylation is 1. The molecule has 0 bridgehead atoms. The van der Waals surface area contributed by atoms with Crippen LogP contribution in [0.15, 0.2) is 42.7 Å².